The first-order valence-electron chi connectivity index (χ1n) is 12.4. The number of carbonyl (C=O) groups excluding carboxylic acids is 2. The number of likely N-dealkylation sites (tertiary alicyclic amines) is 1. The molecule has 1 saturated heterocycles. The minimum atomic E-state index is -0.524. The van der Waals surface area contributed by atoms with Gasteiger partial charge in [-0.25, -0.2) is 0 Å². The van der Waals surface area contributed by atoms with Gasteiger partial charge in [0.15, 0.2) is 5.78 Å². The third kappa shape index (κ3) is 7.09. The molecule has 38 heavy (non-hydrogen) atoms. The highest BCUT2D eigenvalue weighted by molar-refractivity contribution is 8.05. The van der Waals surface area contributed by atoms with E-state index in [0.717, 1.165) is 21.6 Å². The number of rotatable bonds is 11. The Balaban J connectivity index is 1.90. The molecule has 1 heterocycles. The van der Waals surface area contributed by atoms with Gasteiger partial charge in [-0.1, -0.05) is 30.2 Å². The number of phenols is 2. The van der Waals surface area contributed by atoms with E-state index >= 15 is 0 Å². The first-order chi connectivity index (χ1) is 17.9. The van der Waals surface area contributed by atoms with Gasteiger partial charge in [-0.3, -0.25) is 9.69 Å². The molecule has 2 N–H and O–H groups in total. The number of thioether (sulfide) groups is 1. The summed E-state index contributed by atoms with van der Waals surface area (Å²) in [6.45, 7) is 15.8. The van der Waals surface area contributed by atoms with Gasteiger partial charge < -0.3 is 15.0 Å². The summed E-state index contributed by atoms with van der Waals surface area (Å²) in [5.41, 5.74) is 4.04. The van der Waals surface area contributed by atoms with Crippen molar-refractivity contribution < 1.29 is 19.8 Å². The van der Waals surface area contributed by atoms with Crippen molar-refractivity contribution in [2.75, 3.05) is 19.6 Å². The summed E-state index contributed by atoms with van der Waals surface area (Å²) < 4.78 is 0. The highest BCUT2D eigenvalue weighted by atomic mass is 32.2. The van der Waals surface area contributed by atoms with E-state index in [0.29, 0.717) is 30.8 Å². The zero-order valence-electron chi connectivity index (χ0n) is 22.3. The van der Waals surface area contributed by atoms with Crippen molar-refractivity contribution in [3.63, 3.8) is 0 Å². The molecule has 1 aliphatic rings. The zero-order valence-corrected chi connectivity index (χ0v) is 23.1. The summed E-state index contributed by atoms with van der Waals surface area (Å²) >= 11 is 1.45. The summed E-state index contributed by atoms with van der Waals surface area (Å²) in [7, 11) is 0.264. The summed E-state index contributed by atoms with van der Waals surface area (Å²) in [5, 5.41) is 21.0. The second kappa shape index (κ2) is 12.4. The molecule has 1 aliphatic heterocycles. The third-order valence-corrected chi connectivity index (χ3v) is 8.11. The largest absolute Gasteiger partial charge is 0.508 e. The molecule has 196 valence electrons. The molecule has 2 aromatic carbocycles. The van der Waals surface area contributed by atoms with E-state index in [4.69, 9.17) is 6.42 Å². The number of aromatic hydroxyl groups is 2. The molecule has 0 unspecified atom stereocenters. The van der Waals surface area contributed by atoms with Crippen LogP contribution >= 0.6 is 11.8 Å². The Morgan fingerprint density at radius 2 is 1.79 bits per heavy atom. The Morgan fingerprint density at radius 3 is 2.34 bits per heavy atom. The molecule has 0 radical (unpaired) electrons. The monoisotopic (exact) mass is 527 g/mol. The van der Waals surface area contributed by atoms with Crippen molar-refractivity contribution >= 4 is 30.5 Å². The van der Waals surface area contributed by atoms with Gasteiger partial charge in [0.2, 0.25) is 7.28 Å². The number of hydrogen-bond donors (Lipinski definition) is 2. The smallest absolute Gasteiger partial charge is 0.218 e. The van der Waals surface area contributed by atoms with Crippen molar-refractivity contribution in [3.8, 4) is 23.8 Å². The summed E-state index contributed by atoms with van der Waals surface area (Å²) in [6, 6.07) is 12.1. The normalized spacial score (nSPS) is 19.5. The molecule has 3 rings (SSSR count). The first kappa shape index (κ1) is 29.1. The average Bonchev–Trinajstić information content (AvgIpc) is 3.20. The van der Waals surface area contributed by atoms with Gasteiger partial charge in [-0.15, -0.1) is 24.8 Å². The van der Waals surface area contributed by atoms with E-state index in [2.05, 4.69) is 24.0 Å². The molecule has 0 saturated carbocycles. The van der Waals surface area contributed by atoms with Crippen LogP contribution in [0.25, 0.3) is 0 Å². The van der Waals surface area contributed by atoms with E-state index in [9.17, 15) is 19.8 Å². The van der Waals surface area contributed by atoms with E-state index < -0.39 is 5.31 Å². The van der Waals surface area contributed by atoms with Crippen LogP contribution in [-0.4, -0.2) is 53.5 Å². The predicted octanol–water partition coefficient (Wildman–Crippen LogP) is 5.16. The lowest BCUT2D eigenvalue weighted by atomic mass is 9.42. The third-order valence-electron chi connectivity index (χ3n) is 7.18. The lowest BCUT2D eigenvalue weighted by Crippen LogP contribution is -2.35. The number of ketones is 1. The molecular weight excluding hydrogens is 493 g/mol. The minimum absolute atomic E-state index is 0.000603. The second-order valence-corrected chi connectivity index (χ2v) is 11.2. The van der Waals surface area contributed by atoms with Gasteiger partial charge in [-0.05, 0) is 77.4 Å². The Kier molecular flexibility index (Phi) is 9.48. The number of terminal acetylenes is 1. The Labute approximate surface area is 230 Å². The number of allylic oxidation sites excluding steroid dienone is 1. The van der Waals surface area contributed by atoms with Crippen LogP contribution in [-0.2, 0) is 16.0 Å². The fourth-order valence-corrected chi connectivity index (χ4v) is 5.83. The molecule has 0 spiro atoms. The van der Waals surface area contributed by atoms with Crippen LogP contribution in [0.2, 0.25) is 5.31 Å². The predicted molar refractivity (Wildman–Crippen MR) is 158 cm³/mol. The van der Waals surface area contributed by atoms with Gasteiger partial charge in [0.25, 0.3) is 0 Å². The first-order valence-corrected chi connectivity index (χ1v) is 13.3. The molecule has 5 nitrogen and oxygen atoms in total. The lowest BCUT2D eigenvalue weighted by Gasteiger charge is -2.35. The molecule has 0 bridgehead atoms. The quantitative estimate of drug-likeness (QED) is 0.182. The summed E-state index contributed by atoms with van der Waals surface area (Å²) in [4.78, 5) is 28.2. The van der Waals surface area contributed by atoms with E-state index in [1.807, 2.05) is 36.6 Å². The molecule has 0 aliphatic carbocycles. The van der Waals surface area contributed by atoms with Crippen LogP contribution in [0.15, 0.2) is 77.1 Å². The van der Waals surface area contributed by atoms with Crippen molar-refractivity contribution in [1.29, 1.82) is 0 Å². The molecular formula is C31H34BNO4S. The summed E-state index contributed by atoms with van der Waals surface area (Å²) in [5.74, 6) is 2.53. The van der Waals surface area contributed by atoms with E-state index in [-0.39, 0.29) is 42.6 Å². The van der Waals surface area contributed by atoms with E-state index in [1.165, 1.54) is 30.0 Å². The number of Topliss-reactive ketones (excluding diaryl/α,β-unsaturated/α-hetero) is 1. The topological polar surface area (TPSA) is 77.8 Å². The molecule has 7 heteroatoms. The standard InChI is InChI=1S/C31H34BNO4S/c1-7-24-8-10-26(11-9-24)29-17-33(16-22(5)38-18-21(4)23(6)34)19-31(29,20(2)3)32-30(37)14-25-12-27(35)15-28(36)13-25/h1,8-13,15,18,29,32,35-36H,2,5,14,16-17,19H2,3-4,6H3/b21-18+/t29-,31-/m0/s1. The van der Waals surface area contributed by atoms with E-state index in [1.54, 1.807) is 13.8 Å². The Morgan fingerprint density at radius 1 is 1.16 bits per heavy atom. The van der Waals surface area contributed by atoms with Crippen molar-refractivity contribution in [1.82, 2.24) is 4.90 Å². The second-order valence-electron chi connectivity index (χ2n) is 10.2. The number of phenolic OH excluding ortho intramolecular Hbond substituents is 2. The van der Waals surface area contributed by atoms with Gasteiger partial charge in [0, 0.05) is 43.6 Å². The van der Waals surface area contributed by atoms with Crippen molar-refractivity contribution in [2.24, 2.45) is 0 Å². The maximum absolute atomic E-state index is 13.4. The number of carbonyl (C=O) groups is 2. The number of hydrogen-bond acceptors (Lipinski definition) is 6. The van der Waals surface area contributed by atoms with Crippen molar-refractivity contribution in [2.45, 2.75) is 38.4 Å². The zero-order chi connectivity index (χ0) is 28.0. The highest BCUT2D eigenvalue weighted by Crippen LogP contribution is 2.53. The molecule has 0 aromatic heterocycles. The molecule has 1 fully saturated rings. The molecule has 2 aromatic rings. The summed E-state index contributed by atoms with van der Waals surface area (Å²) in [6.07, 6.45) is 5.66. The number of nitrogens with zero attached hydrogens (tertiary/aromatic N) is 1. The fourth-order valence-electron chi connectivity index (χ4n) is 5.07. The van der Waals surface area contributed by atoms with Crippen LogP contribution in [0.4, 0.5) is 0 Å². The van der Waals surface area contributed by atoms with Gasteiger partial charge in [0.1, 0.15) is 11.5 Å². The number of benzene rings is 2. The van der Waals surface area contributed by atoms with Crippen LogP contribution in [0, 0.1) is 12.3 Å². The lowest BCUT2D eigenvalue weighted by molar-refractivity contribution is -0.113. The maximum atomic E-state index is 13.4. The van der Waals surface area contributed by atoms with Crippen LogP contribution in [0.3, 0.4) is 0 Å². The molecule has 2 atom stereocenters. The van der Waals surface area contributed by atoms with Crippen LogP contribution in [0.1, 0.15) is 43.4 Å². The minimum Gasteiger partial charge on any atom is -0.508 e. The van der Waals surface area contributed by atoms with Gasteiger partial charge >= 0.3 is 0 Å². The Bertz CT molecular complexity index is 1300. The highest BCUT2D eigenvalue weighted by Gasteiger charge is 2.49. The molecule has 0 amide bonds. The SMILES string of the molecule is C#Cc1ccc([C@@H]2CN(CC(=C)S/C=C(\C)C(C)=O)C[C@]2(BC(=O)Cc2cc(O)cc(O)c2)C(=C)C)cc1. The van der Waals surface area contributed by atoms with Crippen molar-refractivity contribution in [3.05, 3.63) is 93.8 Å². The van der Waals surface area contributed by atoms with Gasteiger partial charge in [-0.2, -0.15) is 0 Å². The van der Waals surface area contributed by atoms with Gasteiger partial charge in [0.05, 0.1) is 5.68 Å². The van der Waals surface area contributed by atoms with Crippen LogP contribution < -0.4 is 0 Å². The average molecular weight is 527 g/mol. The maximum Gasteiger partial charge on any atom is 0.218 e. The fraction of sp³-hybridized carbons (Fsp3) is 0.290. The van der Waals surface area contributed by atoms with Crippen LogP contribution in [0.5, 0.6) is 11.5 Å². The Hall–Kier alpha value is -3.47.